The van der Waals surface area contributed by atoms with Crippen LogP contribution >= 0.6 is 0 Å². The van der Waals surface area contributed by atoms with Gasteiger partial charge in [-0.1, -0.05) is 30.3 Å². The van der Waals surface area contributed by atoms with Gasteiger partial charge >= 0.3 is 0 Å². The van der Waals surface area contributed by atoms with Crippen molar-refractivity contribution in [1.29, 1.82) is 0 Å². The van der Waals surface area contributed by atoms with E-state index in [4.69, 9.17) is 0 Å². The van der Waals surface area contributed by atoms with Crippen molar-refractivity contribution in [2.45, 2.75) is 25.4 Å². The fourth-order valence-corrected chi connectivity index (χ4v) is 2.72. The van der Waals surface area contributed by atoms with Crippen molar-refractivity contribution < 1.29 is 0 Å². The number of fused-ring (bicyclic) bond motifs is 1. The molecule has 0 saturated heterocycles. The van der Waals surface area contributed by atoms with Crippen LogP contribution in [-0.4, -0.2) is 25.8 Å². The number of rotatable bonds is 4. The standard InChI is InChI=1S/C16H17N5/c1-20-15-14(9-19-20)16(18-11-17-15)21(13-7-8-13)10-12-5-3-2-4-6-12/h2-6,9,11,13H,7-8,10H2,1H3. The second-order valence-electron chi connectivity index (χ2n) is 5.55. The first-order valence-electron chi connectivity index (χ1n) is 7.26. The lowest BCUT2D eigenvalue weighted by molar-refractivity contribution is 0.775. The fraction of sp³-hybridized carbons (Fsp3) is 0.312. The van der Waals surface area contributed by atoms with Gasteiger partial charge in [0.05, 0.1) is 11.6 Å². The Morgan fingerprint density at radius 1 is 1.19 bits per heavy atom. The maximum absolute atomic E-state index is 4.54. The molecule has 2 heterocycles. The summed E-state index contributed by atoms with van der Waals surface area (Å²) in [6.45, 7) is 0.881. The molecule has 0 amide bonds. The minimum absolute atomic E-state index is 0.587. The summed E-state index contributed by atoms with van der Waals surface area (Å²) < 4.78 is 1.80. The molecule has 5 nitrogen and oxygen atoms in total. The van der Waals surface area contributed by atoms with E-state index in [2.05, 4.69) is 50.3 Å². The largest absolute Gasteiger partial charge is 0.349 e. The van der Waals surface area contributed by atoms with Gasteiger partial charge in [0.2, 0.25) is 0 Å². The van der Waals surface area contributed by atoms with Crippen LogP contribution in [-0.2, 0) is 13.6 Å². The lowest BCUT2D eigenvalue weighted by Crippen LogP contribution is -2.26. The van der Waals surface area contributed by atoms with Crippen LogP contribution in [0.4, 0.5) is 5.82 Å². The van der Waals surface area contributed by atoms with Gasteiger partial charge in [-0.2, -0.15) is 5.10 Å². The van der Waals surface area contributed by atoms with Gasteiger partial charge in [0.25, 0.3) is 0 Å². The van der Waals surface area contributed by atoms with Crippen LogP contribution in [0.2, 0.25) is 0 Å². The number of aromatic nitrogens is 4. The summed E-state index contributed by atoms with van der Waals surface area (Å²) in [7, 11) is 1.91. The lowest BCUT2D eigenvalue weighted by atomic mass is 10.2. The average Bonchev–Trinajstić information content (AvgIpc) is 3.30. The zero-order chi connectivity index (χ0) is 14.2. The lowest BCUT2D eigenvalue weighted by Gasteiger charge is -2.24. The van der Waals surface area contributed by atoms with Crippen molar-refractivity contribution in [3.05, 3.63) is 48.4 Å². The number of benzene rings is 1. The first kappa shape index (κ1) is 12.3. The van der Waals surface area contributed by atoms with Crippen LogP contribution in [0.5, 0.6) is 0 Å². The van der Waals surface area contributed by atoms with E-state index in [-0.39, 0.29) is 0 Å². The van der Waals surface area contributed by atoms with E-state index in [1.165, 1.54) is 18.4 Å². The zero-order valence-electron chi connectivity index (χ0n) is 12.0. The third-order valence-electron chi connectivity index (χ3n) is 3.96. The van der Waals surface area contributed by atoms with Gasteiger partial charge in [0.1, 0.15) is 12.1 Å². The first-order chi connectivity index (χ1) is 10.3. The molecular weight excluding hydrogens is 262 g/mol. The highest BCUT2D eigenvalue weighted by Gasteiger charge is 2.31. The second kappa shape index (κ2) is 4.84. The van der Waals surface area contributed by atoms with Crippen molar-refractivity contribution in [3.8, 4) is 0 Å². The third kappa shape index (κ3) is 2.24. The Morgan fingerprint density at radius 3 is 2.76 bits per heavy atom. The van der Waals surface area contributed by atoms with Gasteiger partial charge in [-0.25, -0.2) is 9.97 Å². The summed E-state index contributed by atoms with van der Waals surface area (Å²) >= 11 is 0. The number of nitrogens with zero attached hydrogens (tertiary/aromatic N) is 5. The Hall–Kier alpha value is -2.43. The summed E-state index contributed by atoms with van der Waals surface area (Å²) in [6.07, 6.45) is 5.97. The molecule has 0 unspecified atom stereocenters. The highest BCUT2D eigenvalue weighted by Crippen LogP contribution is 2.34. The molecule has 0 aliphatic heterocycles. The summed E-state index contributed by atoms with van der Waals surface area (Å²) in [5, 5.41) is 5.34. The molecule has 2 aromatic heterocycles. The predicted molar refractivity (Wildman–Crippen MR) is 82.0 cm³/mol. The van der Waals surface area contributed by atoms with Gasteiger partial charge in [0.15, 0.2) is 5.65 Å². The summed E-state index contributed by atoms with van der Waals surface area (Å²) in [5.41, 5.74) is 2.19. The molecule has 0 spiro atoms. The Morgan fingerprint density at radius 2 is 2.00 bits per heavy atom. The van der Waals surface area contributed by atoms with Gasteiger partial charge in [-0.3, -0.25) is 4.68 Å². The minimum atomic E-state index is 0.587. The minimum Gasteiger partial charge on any atom is -0.349 e. The molecule has 3 aromatic rings. The van der Waals surface area contributed by atoms with E-state index in [9.17, 15) is 0 Å². The topological polar surface area (TPSA) is 46.8 Å². The number of aryl methyl sites for hydroxylation is 1. The second-order valence-corrected chi connectivity index (χ2v) is 5.55. The molecular formula is C16H17N5. The van der Waals surface area contributed by atoms with E-state index in [1.807, 2.05) is 13.2 Å². The van der Waals surface area contributed by atoms with Gasteiger partial charge in [0, 0.05) is 19.6 Å². The quantitative estimate of drug-likeness (QED) is 0.736. The van der Waals surface area contributed by atoms with Crippen LogP contribution in [0.25, 0.3) is 11.0 Å². The number of hydrogen-bond donors (Lipinski definition) is 0. The van der Waals surface area contributed by atoms with E-state index in [1.54, 1.807) is 11.0 Å². The molecule has 21 heavy (non-hydrogen) atoms. The molecule has 0 atom stereocenters. The molecule has 1 aromatic carbocycles. The summed E-state index contributed by atoms with van der Waals surface area (Å²) in [6, 6.07) is 11.1. The van der Waals surface area contributed by atoms with Crippen molar-refractivity contribution in [1.82, 2.24) is 19.7 Å². The van der Waals surface area contributed by atoms with Crippen molar-refractivity contribution in [3.63, 3.8) is 0 Å². The van der Waals surface area contributed by atoms with Gasteiger partial charge in [-0.05, 0) is 18.4 Å². The molecule has 5 heteroatoms. The van der Waals surface area contributed by atoms with Crippen LogP contribution in [0.1, 0.15) is 18.4 Å². The Labute approximate surface area is 123 Å². The van der Waals surface area contributed by atoms with Gasteiger partial charge < -0.3 is 4.90 Å². The maximum atomic E-state index is 4.54. The van der Waals surface area contributed by atoms with E-state index in [0.717, 1.165) is 23.4 Å². The summed E-state index contributed by atoms with van der Waals surface area (Å²) in [4.78, 5) is 11.3. The molecule has 0 radical (unpaired) electrons. The molecule has 1 saturated carbocycles. The van der Waals surface area contributed by atoms with Crippen molar-refractivity contribution in [2.75, 3.05) is 4.90 Å². The van der Waals surface area contributed by atoms with Gasteiger partial charge in [-0.15, -0.1) is 0 Å². The van der Waals surface area contributed by atoms with Crippen LogP contribution in [0.15, 0.2) is 42.9 Å². The molecule has 106 valence electrons. The molecule has 0 bridgehead atoms. The number of hydrogen-bond acceptors (Lipinski definition) is 4. The first-order valence-corrected chi connectivity index (χ1v) is 7.26. The number of anilines is 1. The smallest absolute Gasteiger partial charge is 0.163 e. The normalized spacial score (nSPS) is 14.5. The predicted octanol–water partition coefficient (Wildman–Crippen LogP) is 2.53. The van der Waals surface area contributed by atoms with E-state index >= 15 is 0 Å². The van der Waals surface area contributed by atoms with Crippen LogP contribution in [0.3, 0.4) is 0 Å². The third-order valence-corrected chi connectivity index (χ3v) is 3.96. The maximum Gasteiger partial charge on any atom is 0.163 e. The fourth-order valence-electron chi connectivity index (χ4n) is 2.72. The van der Waals surface area contributed by atoms with Crippen LogP contribution in [0, 0.1) is 0 Å². The van der Waals surface area contributed by atoms with Crippen molar-refractivity contribution >= 4 is 16.9 Å². The molecule has 4 rings (SSSR count). The highest BCUT2D eigenvalue weighted by molar-refractivity contribution is 5.86. The van der Waals surface area contributed by atoms with E-state index in [0.29, 0.717) is 6.04 Å². The molecule has 1 aliphatic rings. The zero-order valence-corrected chi connectivity index (χ0v) is 12.0. The Balaban J connectivity index is 1.76. The molecule has 1 aliphatic carbocycles. The average molecular weight is 279 g/mol. The highest BCUT2D eigenvalue weighted by atomic mass is 15.3. The Kier molecular flexibility index (Phi) is 2.84. The Bertz CT molecular complexity index is 761. The monoisotopic (exact) mass is 279 g/mol. The molecule has 1 fully saturated rings. The van der Waals surface area contributed by atoms with E-state index < -0.39 is 0 Å². The summed E-state index contributed by atoms with van der Waals surface area (Å²) in [5.74, 6) is 0.999. The van der Waals surface area contributed by atoms with Crippen molar-refractivity contribution in [2.24, 2.45) is 7.05 Å². The molecule has 0 N–H and O–H groups in total. The van der Waals surface area contributed by atoms with Crippen LogP contribution < -0.4 is 4.90 Å². The SMILES string of the molecule is Cn1ncc2c(N(Cc3ccccc3)C3CC3)ncnc21.